The summed E-state index contributed by atoms with van der Waals surface area (Å²) in [5.74, 6) is -0.0728. The average Bonchev–Trinajstić information content (AvgIpc) is 3.25. The zero-order chi connectivity index (χ0) is 22.2. The van der Waals surface area contributed by atoms with Gasteiger partial charge in [-0.15, -0.1) is 10.2 Å². The lowest BCUT2D eigenvalue weighted by atomic mass is 9.98. The second-order valence-corrected chi connectivity index (χ2v) is 7.29. The van der Waals surface area contributed by atoms with Crippen molar-refractivity contribution in [3.8, 4) is 11.5 Å². The largest absolute Gasteiger partial charge is 0.420 e. The molecule has 1 aliphatic rings. The standard InChI is InChI=1S/C20H18F3N5O3/c1-27-16(29)9-8-15(26-27)19(30)28-10-2-3-13(11-28)18-25-24-17(31-18)12-4-6-14(7-5-12)20(21,22)23/h4-9,13H,2-3,10-11H2,1H3. The van der Waals surface area contributed by atoms with Crippen molar-refractivity contribution in [2.24, 2.45) is 7.05 Å². The third-order valence-corrected chi connectivity index (χ3v) is 5.14. The van der Waals surface area contributed by atoms with Crippen LogP contribution in [0.1, 0.15) is 40.7 Å². The molecule has 4 rings (SSSR count). The lowest BCUT2D eigenvalue weighted by molar-refractivity contribution is -0.137. The van der Waals surface area contributed by atoms with Gasteiger partial charge < -0.3 is 9.32 Å². The predicted molar refractivity (Wildman–Crippen MR) is 102 cm³/mol. The molecule has 0 N–H and O–H groups in total. The Labute approximate surface area is 174 Å². The lowest BCUT2D eigenvalue weighted by Crippen LogP contribution is -2.40. The summed E-state index contributed by atoms with van der Waals surface area (Å²) in [5.41, 5.74) is -0.525. The Kier molecular flexibility index (Phi) is 5.34. The highest BCUT2D eigenvalue weighted by Crippen LogP contribution is 2.32. The Balaban J connectivity index is 1.49. The first kappa shape index (κ1) is 20.8. The molecule has 0 aliphatic carbocycles. The molecule has 11 heteroatoms. The van der Waals surface area contributed by atoms with Crippen molar-refractivity contribution in [2.45, 2.75) is 24.9 Å². The molecule has 0 saturated carbocycles. The molecule has 162 valence electrons. The van der Waals surface area contributed by atoms with E-state index in [0.29, 0.717) is 31.0 Å². The summed E-state index contributed by atoms with van der Waals surface area (Å²) >= 11 is 0. The molecule has 1 fully saturated rings. The van der Waals surface area contributed by atoms with Gasteiger partial charge in [-0.05, 0) is 43.2 Å². The summed E-state index contributed by atoms with van der Waals surface area (Å²) in [6.45, 7) is 0.859. The van der Waals surface area contributed by atoms with Gasteiger partial charge >= 0.3 is 6.18 Å². The molecule has 1 saturated heterocycles. The van der Waals surface area contributed by atoms with E-state index in [0.717, 1.165) is 23.2 Å². The summed E-state index contributed by atoms with van der Waals surface area (Å²) in [6, 6.07) is 7.16. The monoisotopic (exact) mass is 433 g/mol. The average molecular weight is 433 g/mol. The number of carbonyl (C=O) groups is 1. The lowest BCUT2D eigenvalue weighted by Gasteiger charge is -2.30. The van der Waals surface area contributed by atoms with Crippen molar-refractivity contribution in [3.05, 3.63) is 63.9 Å². The number of alkyl halides is 3. The van der Waals surface area contributed by atoms with Crippen LogP contribution in [0.3, 0.4) is 0 Å². The fourth-order valence-corrected chi connectivity index (χ4v) is 3.46. The van der Waals surface area contributed by atoms with Gasteiger partial charge in [0, 0.05) is 31.8 Å². The second-order valence-electron chi connectivity index (χ2n) is 7.29. The molecule has 1 atom stereocenters. The van der Waals surface area contributed by atoms with Crippen molar-refractivity contribution < 1.29 is 22.4 Å². The summed E-state index contributed by atoms with van der Waals surface area (Å²) in [6.07, 6.45) is -2.99. The van der Waals surface area contributed by atoms with Crippen LogP contribution >= 0.6 is 0 Å². The Morgan fingerprint density at radius 2 is 1.87 bits per heavy atom. The van der Waals surface area contributed by atoms with Crippen LogP contribution < -0.4 is 5.56 Å². The van der Waals surface area contributed by atoms with E-state index in [4.69, 9.17) is 4.42 Å². The molecule has 0 bridgehead atoms. The minimum Gasteiger partial charge on any atom is -0.420 e. The smallest absolute Gasteiger partial charge is 0.416 e. The van der Waals surface area contributed by atoms with Gasteiger partial charge in [-0.3, -0.25) is 9.59 Å². The molecule has 0 spiro atoms. The fraction of sp³-hybridized carbons (Fsp3) is 0.350. The van der Waals surface area contributed by atoms with Crippen molar-refractivity contribution in [1.29, 1.82) is 0 Å². The van der Waals surface area contributed by atoms with Gasteiger partial charge in [0.1, 0.15) is 5.69 Å². The quantitative estimate of drug-likeness (QED) is 0.631. The van der Waals surface area contributed by atoms with Crippen molar-refractivity contribution in [1.82, 2.24) is 24.9 Å². The number of hydrogen-bond acceptors (Lipinski definition) is 6. The molecule has 2 aromatic heterocycles. The fourth-order valence-electron chi connectivity index (χ4n) is 3.46. The highest BCUT2D eigenvalue weighted by Gasteiger charge is 2.31. The number of halogens is 3. The first-order valence-electron chi connectivity index (χ1n) is 9.57. The van der Waals surface area contributed by atoms with Crippen LogP contribution in [-0.2, 0) is 13.2 Å². The number of piperidine rings is 1. The molecule has 1 aromatic carbocycles. The SMILES string of the molecule is Cn1nc(C(=O)N2CCCC(c3nnc(-c4ccc(C(F)(F)F)cc4)o3)C2)ccc1=O. The molecule has 1 unspecified atom stereocenters. The van der Waals surface area contributed by atoms with Crippen molar-refractivity contribution in [3.63, 3.8) is 0 Å². The van der Waals surface area contributed by atoms with Crippen LogP contribution in [0, 0.1) is 0 Å². The van der Waals surface area contributed by atoms with Crippen LogP contribution in [0.15, 0.2) is 45.6 Å². The maximum Gasteiger partial charge on any atom is 0.416 e. The first-order valence-corrected chi connectivity index (χ1v) is 9.57. The Bertz CT molecular complexity index is 1150. The number of aryl methyl sites for hydroxylation is 1. The van der Waals surface area contributed by atoms with Crippen molar-refractivity contribution >= 4 is 5.91 Å². The van der Waals surface area contributed by atoms with Crippen LogP contribution in [0.4, 0.5) is 13.2 Å². The van der Waals surface area contributed by atoms with E-state index in [1.165, 1.54) is 31.3 Å². The Morgan fingerprint density at radius 3 is 2.55 bits per heavy atom. The van der Waals surface area contributed by atoms with E-state index in [1.54, 1.807) is 4.90 Å². The summed E-state index contributed by atoms with van der Waals surface area (Å²) in [4.78, 5) is 25.9. The van der Waals surface area contributed by atoms with E-state index >= 15 is 0 Å². The molecular weight excluding hydrogens is 415 g/mol. The van der Waals surface area contributed by atoms with Crippen LogP contribution in [0.5, 0.6) is 0 Å². The zero-order valence-electron chi connectivity index (χ0n) is 16.5. The topological polar surface area (TPSA) is 94.1 Å². The number of likely N-dealkylation sites (tertiary alicyclic amines) is 1. The van der Waals surface area contributed by atoms with E-state index in [9.17, 15) is 22.8 Å². The highest BCUT2D eigenvalue weighted by molar-refractivity contribution is 5.92. The van der Waals surface area contributed by atoms with Crippen molar-refractivity contribution in [2.75, 3.05) is 13.1 Å². The number of hydrogen-bond donors (Lipinski definition) is 0. The van der Waals surface area contributed by atoms with Gasteiger partial charge in [0.25, 0.3) is 11.5 Å². The minimum absolute atomic E-state index is 0.118. The number of nitrogens with zero attached hydrogens (tertiary/aromatic N) is 5. The second kappa shape index (κ2) is 7.97. The number of benzene rings is 1. The van der Waals surface area contributed by atoms with Gasteiger partial charge in [0.05, 0.1) is 11.5 Å². The molecule has 3 aromatic rings. The summed E-state index contributed by atoms with van der Waals surface area (Å²) < 4.78 is 45.0. The highest BCUT2D eigenvalue weighted by atomic mass is 19.4. The third kappa shape index (κ3) is 4.35. The van der Waals surface area contributed by atoms with Crippen LogP contribution in [0.25, 0.3) is 11.5 Å². The maximum atomic E-state index is 12.8. The minimum atomic E-state index is -4.42. The third-order valence-electron chi connectivity index (χ3n) is 5.14. The summed E-state index contributed by atoms with van der Waals surface area (Å²) in [7, 11) is 1.47. The van der Waals surface area contributed by atoms with E-state index in [1.807, 2.05) is 0 Å². The zero-order valence-corrected chi connectivity index (χ0v) is 16.5. The number of rotatable bonds is 3. The molecule has 31 heavy (non-hydrogen) atoms. The predicted octanol–water partition coefficient (Wildman–Crippen LogP) is 2.87. The molecule has 3 heterocycles. The van der Waals surface area contributed by atoms with Crippen LogP contribution in [-0.4, -0.2) is 43.9 Å². The van der Waals surface area contributed by atoms with Gasteiger partial charge in [-0.2, -0.15) is 18.3 Å². The van der Waals surface area contributed by atoms with Gasteiger partial charge in [-0.1, -0.05) is 0 Å². The molecule has 8 nitrogen and oxygen atoms in total. The first-order chi connectivity index (χ1) is 14.7. The van der Waals surface area contributed by atoms with Gasteiger partial charge in [0.15, 0.2) is 0 Å². The number of aromatic nitrogens is 4. The molecule has 1 aliphatic heterocycles. The summed E-state index contributed by atoms with van der Waals surface area (Å²) in [5, 5.41) is 12.0. The molecule has 0 radical (unpaired) electrons. The number of carbonyl (C=O) groups excluding carboxylic acids is 1. The Hall–Kier alpha value is -3.50. The molecule has 1 amide bonds. The van der Waals surface area contributed by atoms with E-state index < -0.39 is 11.7 Å². The number of amides is 1. The normalized spacial score (nSPS) is 17.0. The van der Waals surface area contributed by atoms with E-state index in [2.05, 4.69) is 15.3 Å². The molecular formula is C20H18F3N5O3. The van der Waals surface area contributed by atoms with Gasteiger partial charge in [0.2, 0.25) is 11.8 Å². The van der Waals surface area contributed by atoms with E-state index in [-0.39, 0.29) is 29.0 Å². The Morgan fingerprint density at radius 1 is 1.13 bits per heavy atom. The van der Waals surface area contributed by atoms with Gasteiger partial charge in [-0.25, -0.2) is 4.68 Å². The van der Waals surface area contributed by atoms with Crippen LogP contribution in [0.2, 0.25) is 0 Å². The maximum absolute atomic E-state index is 12.8.